The third-order valence-electron chi connectivity index (χ3n) is 6.02. The van der Waals surface area contributed by atoms with Gasteiger partial charge in [-0.3, -0.25) is 9.69 Å². The molecule has 7 heteroatoms. The van der Waals surface area contributed by atoms with Gasteiger partial charge in [-0.1, -0.05) is 24.6 Å². The number of nitrogens with one attached hydrogen (secondary N) is 1. The van der Waals surface area contributed by atoms with E-state index in [-0.39, 0.29) is 6.10 Å². The molecule has 0 amide bonds. The molecule has 166 valence electrons. The number of hydrogen-bond donors (Lipinski definition) is 2. The van der Waals surface area contributed by atoms with Gasteiger partial charge in [0.05, 0.1) is 6.10 Å². The largest absolute Gasteiger partial charge is 0.480 e. The second-order valence-electron chi connectivity index (χ2n) is 8.39. The Morgan fingerprint density at radius 3 is 2.94 bits per heavy atom. The number of ether oxygens (including phenoxy) is 1. The van der Waals surface area contributed by atoms with Crippen molar-refractivity contribution in [3.05, 3.63) is 59.0 Å². The summed E-state index contributed by atoms with van der Waals surface area (Å²) in [5.74, 6) is -0.325. The molecule has 1 aromatic carbocycles. The van der Waals surface area contributed by atoms with E-state index in [0.717, 1.165) is 50.2 Å². The topological polar surface area (TPSA) is 74.7 Å². The molecule has 0 bridgehead atoms. The number of nitrogens with zero attached hydrogens (tertiary/aromatic N) is 2. The number of carbonyl (C=O) groups is 1. The maximum absolute atomic E-state index is 13.5. The van der Waals surface area contributed by atoms with E-state index in [1.54, 1.807) is 12.1 Å². The number of pyridine rings is 1. The fourth-order valence-corrected chi connectivity index (χ4v) is 4.32. The van der Waals surface area contributed by atoms with Gasteiger partial charge in [0, 0.05) is 31.9 Å². The van der Waals surface area contributed by atoms with Crippen LogP contribution in [0.5, 0.6) is 0 Å². The van der Waals surface area contributed by atoms with Crippen LogP contribution in [-0.2, 0) is 22.4 Å². The monoisotopic (exact) mass is 427 g/mol. The lowest BCUT2D eigenvalue weighted by molar-refractivity contribution is -0.150. The van der Waals surface area contributed by atoms with Crippen LogP contribution in [0.4, 0.5) is 10.2 Å². The normalized spacial score (nSPS) is 17.5. The van der Waals surface area contributed by atoms with Crippen LogP contribution in [0.3, 0.4) is 0 Å². The first kappa shape index (κ1) is 21.7. The predicted molar refractivity (Wildman–Crippen MR) is 117 cm³/mol. The summed E-state index contributed by atoms with van der Waals surface area (Å²) in [6.45, 7) is 2.79. The van der Waals surface area contributed by atoms with Crippen LogP contribution in [0.25, 0.3) is 0 Å². The smallest absolute Gasteiger partial charge is 0.325 e. The van der Waals surface area contributed by atoms with E-state index in [1.807, 2.05) is 4.90 Å². The van der Waals surface area contributed by atoms with E-state index in [1.165, 1.54) is 24.1 Å². The maximum Gasteiger partial charge on any atom is 0.325 e. The Hall–Kier alpha value is -2.51. The molecule has 1 fully saturated rings. The number of unbranched alkanes of at least 4 members (excludes halogenated alkanes) is 2. The van der Waals surface area contributed by atoms with Crippen LogP contribution in [0, 0.1) is 5.82 Å². The number of benzene rings is 1. The van der Waals surface area contributed by atoms with Crippen molar-refractivity contribution in [1.82, 2.24) is 9.88 Å². The van der Waals surface area contributed by atoms with Crippen molar-refractivity contribution < 1.29 is 19.0 Å². The Morgan fingerprint density at radius 1 is 1.26 bits per heavy atom. The van der Waals surface area contributed by atoms with Crippen LogP contribution in [0.1, 0.15) is 48.5 Å². The van der Waals surface area contributed by atoms with Crippen molar-refractivity contribution in [2.45, 2.75) is 50.7 Å². The summed E-state index contributed by atoms with van der Waals surface area (Å²) >= 11 is 0. The number of aliphatic carboxylic acids is 1. The first-order valence-corrected chi connectivity index (χ1v) is 11.2. The van der Waals surface area contributed by atoms with E-state index < -0.39 is 17.8 Å². The molecule has 1 saturated heterocycles. The average molecular weight is 428 g/mol. The van der Waals surface area contributed by atoms with Gasteiger partial charge in [-0.25, -0.2) is 9.37 Å². The number of halogens is 1. The SMILES string of the molecule is O=C(O)C(c1cccc(F)c1)N1CC(OCCCCCc2ccc3c(n2)NCCC3)C1. The number of likely N-dealkylation sites (tertiary alicyclic amines) is 1. The van der Waals surface area contributed by atoms with Gasteiger partial charge >= 0.3 is 5.97 Å². The molecule has 2 N–H and O–H groups in total. The van der Waals surface area contributed by atoms with Gasteiger partial charge in [0.1, 0.15) is 17.7 Å². The maximum atomic E-state index is 13.5. The highest BCUT2D eigenvalue weighted by Gasteiger charge is 2.37. The molecule has 1 unspecified atom stereocenters. The first-order chi connectivity index (χ1) is 15.1. The zero-order chi connectivity index (χ0) is 21.6. The molecule has 31 heavy (non-hydrogen) atoms. The zero-order valence-corrected chi connectivity index (χ0v) is 17.7. The molecule has 0 spiro atoms. The van der Waals surface area contributed by atoms with E-state index in [9.17, 15) is 14.3 Å². The van der Waals surface area contributed by atoms with Crippen molar-refractivity contribution in [2.24, 2.45) is 0 Å². The number of hydrogen-bond acceptors (Lipinski definition) is 5. The Labute approximate surface area is 182 Å². The second-order valence-corrected chi connectivity index (χ2v) is 8.39. The minimum Gasteiger partial charge on any atom is -0.480 e. The van der Waals surface area contributed by atoms with E-state index in [4.69, 9.17) is 9.72 Å². The van der Waals surface area contributed by atoms with Crippen LogP contribution < -0.4 is 5.32 Å². The number of rotatable bonds is 10. The minimum absolute atomic E-state index is 0.0452. The highest BCUT2D eigenvalue weighted by atomic mass is 19.1. The van der Waals surface area contributed by atoms with Crippen LogP contribution >= 0.6 is 0 Å². The third kappa shape index (κ3) is 5.60. The summed E-state index contributed by atoms with van der Waals surface area (Å²) in [6, 6.07) is 9.33. The van der Waals surface area contributed by atoms with Crippen LogP contribution in [0.15, 0.2) is 36.4 Å². The first-order valence-electron chi connectivity index (χ1n) is 11.2. The predicted octanol–water partition coefficient (Wildman–Crippen LogP) is 3.82. The molecule has 2 aromatic rings. The summed E-state index contributed by atoms with van der Waals surface area (Å²) in [7, 11) is 0. The van der Waals surface area contributed by atoms with E-state index in [2.05, 4.69) is 17.4 Å². The Bertz CT molecular complexity index is 901. The Balaban J connectivity index is 1.12. The Kier molecular flexibility index (Phi) is 7.14. The fourth-order valence-electron chi connectivity index (χ4n) is 4.32. The summed E-state index contributed by atoms with van der Waals surface area (Å²) in [5.41, 5.74) is 2.93. The van der Waals surface area contributed by atoms with Crippen LogP contribution in [0.2, 0.25) is 0 Å². The molecule has 0 saturated carbocycles. The highest BCUT2D eigenvalue weighted by molar-refractivity contribution is 5.75. The zero-order valence-electron chi connectivity index (χ0n) is 17.7. The lowest BCUT2D eigenvalue weighted by Crippen LogP contribution is -2.55. The molecule has 0 radical (unpaired) electrons. The summed E-state index contributed by atoms with van der Waals surface area (Å²) in [5, 5.41) is 12.9. The Morgan fingerprint density at radius 2 is 2.13 bits per heavy atom. The molecule has 6 nitrogen and oxygen atoms in total. The molecule has 1 atom stereocenters. The summed E-state index contributed by atoms with van der Waals surface area (Å²) in [4.78, 5) is 18.2. The molecule has 1 aromatic heterocycles. The molecule has 4 rings (SSSR count). The number of aryl methyl sites for hydroxylation is 2. The lowest BCUT2D eigenvalue weighted by atomic mass is 10.0. The van der Waals surface area contributed by atoms with Gasteiger partial charge in [0.2, 0.25) is 0 Å². The van der Waals surface area contributed by atoms with Gasteiger partial charge < -0.3 is 15.2 Å². The molecule has 3 heterocycles. The minimum atomic E-state index is -0.963. The molecular weight excluding hydrogens is 397 g/mol. The van der Waals surface area contributed by atoms with Crippen LogP contribution in [-0.4, -0.2) is 53.3 Å². The van der Waals surface area contributed by atoms with Gasteiger partial charge in [-0.15, -0.1) is 0 Å². The summed E-state index contributed by atoms with van der Waals surface area (Å²) < 4.78 is 19.4. The number of fused-ring (bicyclic) bond motifs is 1. The number of carboxylic acids is 1. The average Bonchev–Trinajstić information content (AvgIpc) is 2.73. The van der Waals surface area contributed by atoms with Gasteiger partial charge in [-0.2, -0.15) is 0 Å². The fraction of sp³-hybridized carbons (Fsp3) is 0.500. The third-order valence-corrected chi connectivity index (χ3v) is 6.02. The molecular formula is C24H30FN3O3. The molecule has 2 aliphatic heterocycles. The van der Waals surface area contributed by atoms with Crippen molar-refractivity contribution in [3.8, 4) is 0 Å². The number of anilines is 1. The molecule has 0 aliphatic carbocycles. The number of aromatic nitrogens is 1. The van der Waals surface area contributed by atoms with Crippen molar-refractivity contribution >= 4 is 11.8 Å². The van der Waals surface area contributed by atoms with Crippen molar-refractivity contribution in [2.75, 3.05) is 31.6 Å². The van der Waals surface area contributed by atoms with E-state index in [0.29, 0.717) is 25.3 Å². The van der Waals surface area contributed by atoms with Crippen molar-refractivity contribution in [1.29, 1.82) is 0 Å². The highest BCUT2D eigenvalue weighted by Crippen LogP contribution is 2.28. The lowest BCUT2D eigenvalue weighted by Gasteiger charge is -2.42. The van der Waals surface area contributed by atoms with Gasteiger partial charge in [0.15, 0.2) is 0 Å². The standard InChI is InChI=1S/C24H30FN3O3/c25-19-8-4-6-18(14-19)22(24(29)30)28-15-21(16-28)31-13-3-1-2-9-20-11-10-17-7-5-12-26-23(17)27-20/h4,6,8,10-11,14,21-22H,1-3,5,7,9,12-13,15-16H2,(H,26,27)(H,29,30). The van der Waals surface area contributed by atoms with E-state index >= 15 is 0 Å². The van der Waals surface area contributed by atoms with Gasteiger partial charge in [-0.05, 0) is 61.4 Å². The number of carboxylic acid groups (broad SMARTS) is 1. The van der Waals surface area contributed by atoms with Gasteiger partial charge in [0.25, 0.3) is 0 Å². The summed E-state index contributed by atoms with van der Waals surface area (Å²) in [6.07, 6.45) is 6.43. The second kappa shape index (κ2) is 10.2. The quantitative estimate of drug-likeness (QED) is 0.562. The molecule has 2 aliphatic rings. The van der Waals surface area contributed by atoms with Crippen molar-refractivity contribution in [3.63, 3.8) is 0 Å².